The van der Waals surface area contributed by atoms with Gasteiger partial charge in [-0.2, -0.15) is 0 Å². The Hall–Kier alpha value is -3.15. The number of sulfonamides is 1. The van der Waals surface area contributed by atoms with Crippen LogP contribution in [0.2, 0.25) is 0 Å². The predicted molar refractivity (Wildman–Crippen MR) is 104 cm³/mol. The fourth-order valence-electron chi connectivity index (χ4n) is 2.32. The number of carbonyl (C=O) groups is 2. The maximum atomic E-state index is 12.6. The summed E-state index contributed by atoms with van der Waals surface area (Å²) in [4.78, 5) is 23.4. The zero-order chi connectivity index (χ0) is 20.6. The van der Waals surface area contributed by atoms with Gasteiger partial charge in [-0.25, -0.2) is 17.9 Å². The molecule has 0 aliphatic heterocycles. The minimum absolute atomic E-state index is 0.0139. The second kappa shape index (κ2) is 9.69. The fourth-order valence-corrected chi connectivity index (χ4v) is 3.59. The number of terminal acetylenes is 1. The van der Waals surface area contributed by atoms with Crippen molar-refractivity contribution in [2.24, 2.45) is 0 Å². The summed E-state index contributed by atoms with van der Waals surface area (Å²) < 4.78 is 32.7. The summed E-state index contributed by atoms with van der Waals surface area (Å²) in [5.41, 5.74) is 0.819. The van der Waals surface area contributed by atoms with Crippen molar-refractivity contribution in [2.75, 3.05) is 13.2 Å². The maximum absolute atomic E-state index is 12.6. The van der Waals surface area contributed by atoms with Crippen LogP contribution in [0.1, 0.15) is 28.9 Å². The first-order valence-corrected chi connectivity index (χ1v) is 9.86. The molecule has 2 aromatic rings. The number of rotatable bonds is 8. The van der Waals surface area contributed by atoms with Crippen LogP contribution in [0.3, 0.4) is 0 Å². The second-order valence-corrected chi connectivity index (χ2v) is 7.55. The van der Waals surface area contributed by atoms with Gasteiger partial charge in [0.15, 0.2) is 6.61 Å². The van der Waals surface area contributed by atoms with Crippen LogP contribution in [0.15, 0.2) is 59.5 Å². The molecule has 1 atom stereocenters. The van der Waals surface area contributed by atoms with Crippen LogP contribution >= 0.6 is 0 Å². The van der Waals surface area contributed by atoms with Gasteiger partial charge in [-0.1, -0.05) is 42.3 Å². The number of ether oxygens (including phenoxy) is 1. The van der Waals surface area contributed by atoms with Gasteiger partial charge in [0.05, 0.1) is 17.0 Å². The summed E-state index contributed by atoms with van der Waals surface area (Å²) in [6.07, 6.45) is 5.02. The molecule has 0 aliphatic rings. The normalized spacial score (nSPS) is 11.9. The van der Waals surface area contributed by atoms with Gasteiger partial charge in [-0.05, 0) is 30.7 Å². The Bertz CT molecular complexity index is 981. The Morgan fingerprint density at radius 1 is 1.14 bits per heavy atom. The number of carbonyl (C=O) groups excluding carboxylic acids is 2. The van der Waals surface area contributed by atoms with E-state index in [1.807, 2.05) is 30.3 Å². The van der Waals surface area contributed by atoms with E-state index >= 15 is 0 Å². The molecular formula is C20H20N2O5S. The fraction of sp³-hybridized carbons (Fsp3) is 0.200. The average molecular weight is 400 g/mol. The lowest BCUT2D eigenvalue weighted by Crippen LogP contribution is -2.29. The standard InChI is InChI=1S/C20H20N2O5S/c1-3-12-21-19(23)14-27-20(24)17-10-7-11-18(13-17)28(25,26)22-15(2)16-8-5-4-6-9-16/h1,4-11,13,15,22H,12,14H2,2H3,(H,21,23)/t15-/m1/s1. The summed E-state index contributed by atoms with van der Waals surface area (Å²) in [5, 5.41) is 2.35. The molecule has 7 nitrogen and oxygen atoms in total. The number of amides is 1. The SMILES string of the molecule is C#CCNC(=O)COC(=O)c1cccc(S(=O)(=O)N[C@H](C)c2ccccc2)c1. The quantitative estimate of drug-likeness (QED) is 0.518. The highest BCUT2D eigenvalue weighted by atomic mass is 32.2. The van der Waals surface area contributed by atoms with Gasteiger partial charge in [-0.15, -0.1) is 6.42 Å². The van der Waals surface area contributed by atoms with E-state index in [0.717, 1.165) is 5.56 Å². The van der Waals surface area contributed by atoms with Gasteiger partial charge in [0, 0.05) is 6.04 Å². The van der Waals surface area contributed by atoms with Crippen molar-refractivity contribution in [2.45, 2.75) is 17.9 Å². The van der Waals surface area contributed by atoms with E-state index < -0.39 is 34.5 Å². The van der Waals surface area contributed by atoms with Crippen LogP contribution in [0, 0.1) is 12.3 Å². The summed E-state index contributed by atoms with van der Waals surface area (Å²) >= 11 is 0. The van der Waals surface area contributed by atoms with Gasteiger partial charge in [0.25, 0.3) is 5.91 Å². The van der Waals surface area contributed by atoms with Gasteiger partial charge in [-0.3, -0.25) is 4.79 Å². The first-order chi connectivity index (χ1) is 13.3. The Labute approximate surface area is 164 Å². The van der Waals surface area contributed by atoms with E-state index in [9.17, 15) is 18.0 Å². The molecule has 0 aliphatic carbocycles. The predicted octanol–water partition coefficient (Wildman–Crippen LogP) is 1.63. The first-order valence-electron chi connectivity index (χ1n) is 8.38. The largest absolute Gasteiger partial charge is 0.452 e. The molecule has 0 saturated heterocycles. The summed E-state index contributed by atoms with van der Waals surface area (Å²) in [6.45, 7) is 1.23. The van der Waals surface area contributed by atoms with Crippen molar-refractivity contribution in [3.05, 3.63) is 65.7 Å². The molecule has 0 heterocycles. The third-order valence-electron chi connectivity index (χ3n) is 3.73. The van der Waals surface area contributed by atoms with E-state index in [-0.39, 0.29) is 17.0 Å². The Balaban J connectivity index is 2.07. The van der Waals surface area contributed by atoms with E-state index in [1.54, 1.807) is 6.92 Å². The molecule has 2 rings (SSSR count). The van der Waals surface area contributed by atoms with E-state index in [0.29, 0.717) is 0 Å². The molecule has 0 aromatic heterocycles. The average Bonchev–Trinajstić information content (AvgIpc) is 2.70. The molecule has 0 spiro atoms. The first kappa shape index (κ1) is 21.2. The van der Waals surface area contributed by atoms with Crippen LogP contribution in [0.4, 0.5) is 0 Å². The topological polar surface area (TPSA) is 102 Å². The summed E-state index contributed by atoms with van der Waals surface area (Å²) in [7, 11) is -3.87. The van der Waals surface area contributed by atoms with Crippen LogP contribution in [-0.2, 0) is 19.6 Å². The molecule has 0 radical (unpaired) electrons. The van der Waals surface area contributed by atoms with Crippen molar-refractivity contribution in [3.63, 3.8) is 0 Å². The molecule has 2 aromatic carbocycles. The van der Waals surface area contributed by atoms with E-state index in [2.05, 4.69) is 16.0 Å². The molecule has 8 heteroatoms. The summed E-state index contributed by atoms with van der Waals surface area (Å²) in [5.74, 6) is 0.860. The monoisotopic (exact) mass is 400 g/mol. The molecule has 0 saturated carbocycles. The van der Waals surface area contributed by atoms with Crippen molar-refractivity contribution in [1.82, 2.24) is 10.0 Å². The molecule has 146 valence electrons. The molecule has 0 fully saturated rings. The minimum atomic E-state index is -3.87. The van der Waals surface area contributed by atoms with E-state index in [1.165, 1.54) is 24.3 Å². The molecule has 0 unspecified atom stereocenters. The minimum Gasteiger partial charge on any atom is -0.452 e. The van der Waals surface area contributed by atoms with Crippen molar-refractivity contribution in [1.29, 1.82) is 0 Å². The molecular weight excluding hydrogens is 380 g/mol. The number of esters is 1. The van der Waals surface area contributed by atoms with Crippen LogP contribution < -0.4 is 10.0 Å². The molecule has 2 N–H and O–H groups in total. The van der Waals surface area contributed by atoms with Crippen LogP contribution in [0.5, 0.6) is 0 Å². The van der Waals surface area contributed by atoms with Crippen LogP contribution in [0.25, 0.3) is 0 Å². The third kappa shape index (κ3) is 5.94. The maximum Gasteiger partial charge on any atom is 0.338 e. The highest BCUT2D eigenvalue weighted by Crippen LogP contribution is 2.18. The third-order valence-corrected chi connectivity index (χ3v) is 5.27. The van der Waals surface area contributed by atoms with Crippen molar-refractivity contribution in [3.8, 4) is 12.3 Å². The van der Waals surface area contributed by atoms with Crippen molar-refractivity contribution >= 4 is 21.9 Å². The lowest BCUT2D eigenvalue weighted by molar-refractivity contribution is -0.123. The molecule has 0 bridgehead atoms. The lowest BCUT2D eigenvalue weighted by atomic mass is 10.1. The number of nitrogens with one attached hydrogen (secondary N) is 2. The molecule has 28 heavy (non-hydrogen) atoms. The highest BCUT2D eigenvalue weighted by molar-refractivity contribution is 7.89. The van der Waals surface area contributed by atoms with Crippen LogP contribution in [-0.4, -0.2) is 33.4 Å². The number of benzene rings is 2. The Kier molecular flexibility index (Phi) is 7.32. The Morgan fingerprint density at radius 3 is 2.54 bits per heavy atom. The smallest absolute Gasteiger partial charge is 0.338 e. The van der Waals surface area contributed by atoms with Gasteiger partial charge >= 0.3 is 5.97 Å². The number of hydrogen-bond donors (Lipinski definition) is 2. The van der Waals surface area contributed by atoms with Gasteiger partial charge in [0.1, 0.15) is 0 Å². The lowest BCUT2D eigenvalue weighted by Gasteiger charge is -2.15. The zero-order valence-corrected chi connectivity index (χ0v) is 16.0. The second-order valence-electron chi connectivity index (χ2n) is 5.84. The Morgan fingerprint density at radius 2 is 1.86 bits per heavy atom. The molecule has 1 amide bonds. The summed E-state index contributed by atoms with van der Waals surface area (Å²) in [6, 6.07) is 14.0. The zero-order valence-electron chi connectivity index (χ0n) is 15.2. The van der Waals surface area contributed by atoms with Gasteiger partial charge < -0.3 is 10.1 Å². The highest BCUT2D eigenvalue weighted by Gasteiger charge is 2.20. The van der Waals surface area contributed by atoms with Crippen molar-refractivity contribution < 1.29 is 22.7 Å². The van der Waals surface area contributed by atoms with Gasteiger partial charge in [0.2, 0.25) is 10.0 Å². The van der Waals surface area contributed by atoms with E-state index in [4.69, 9.17) is 11.2 Å². The number of hydrogen-bond acceptors (Lipinski definition) is 5.